The topological polar surface area (TPSA) is 46.2 Å². The normalized spacial score (nSPS) is 13.0. The highest BCUT2D eigenvalue weighted by Crippen LogP contribution is 2.29. The summed E-state index contributed by atoms with van der Waals surface area (Å²) < 4.78 is 13.3. The van der Waals surface area contributed by atoms with E-state index in [4.69, 9.17) is 34.0 Å². The SMILES string of the molecule is N[C@@H](CO)c1c(Cl)ccc(Cl)c1F. The molecule has 0 aliphatic carbocycles. The number of benzene rings is 1. The first-order valence-electron chi connectivity index (χ1n) is 3.57. The number of halogens is 3. The summed E-state index contributed by atoms with van der Waals surface area (Å²) in [5.74, 6) is -0.671. The zero-order valence-corrected chi connectivity index (χ0v) is 8.11. The molecule has 0 heterocycles. The first-order chi connectivity index (χ1) is 6.07. The Kier molecular flexibility index (Phi) is 3.50. The minimum atomic E-state index is -0.841. The number of hydrogen-bond donors (Lipinski definition) is 2. The van der Waals surface area contributed by atoms with Crippen LogP contribution in [-0.4, -0.2) is 11.7 Å². The quantitative estimate of drug-likeness (QED) is 0.755. The van der Waals surface area contributed by atoms with E-state index in [2.05, 4.69) is 0 Å². The van der Waals surface area contributed by atoms with Gasteiger partial charge in [0.1, 0.15) is 5.82 Å². The highest BCUT2D eigenvalue weighted by atomic mass is 35.5. The van der Waals surface area contributed by atoms with E-state index in [-0.39, 0.29) is 22.2 Å². The van der Waals surface area contributed by atoms with E-state index in [1.165, 1.54) is 12.1 Å². The Labute approximate surface area is 85.1 Å². The fourth-order valence-corrected chi connectivity index (χ4v) is 1.42. The molecule has 1 atom stereocenters. The fourth-order valence-electron chi connectivity index (χ4n) is 0.974. The Balaban J connectivity index is 3.25. The molecule has 5 heteroatoms. The van der Waals surface area contributed by atoms with Crippen LogP contribution < -0.4 is 5.73 Å². The van der Waals surface area contributed by atoms with E-state index in [9.17, 15) is 4.39 Å². The van der Waals surface area contributed by atoms with Crippen LogP contribution in [0.2, 0.25) is 10.0 Å². The maximum Gasteiger partial charge on any atom is 0.148 e. The second-order valence-electron chi connectivity index (χ2n) is 2.55. The largest absolute Gasteiger partial charge is 0.394 e. The minimum Gasteiger partial charge on any atom is -0.394 e. The molecule has 0 spiro atoms. The molecule has 3 N–H and O–H groups in total. The van der Waals surface area contributed by atoms with Crippen molar-refractivity contribution in [2.45, 2.75) is 6.04 Å². The summed E-state index contributed by atoms with van der Waals surface area (Å²) in [4.78, 5) is 0. The summed E-state index contributed by atoms with van der Waals surface area (Å²) in [5.41, 5.74) is 5.48. The van der Waals surface area contributed by atoms with Gasteiger partial charge in [0.2, 0.25) is 0 Å². The molecule has 72 valence electrons. The van der Waals surface area contributed by atoms with E-state index in [0.717, 1.165) is 0 Å². The van der Waals surface area contributed by atoms with Crippen molar-refractivity contribution in [1.29, 1.82) is 0 Å². The number of hydrogen-bond acceptors (Lipinski definition) is 2. The van der Waals surface area contributed by atoms with E-state index in [1.54, 1.807) is 0 Å². The lowest BCUT2D eigenvalue weighted by atomic mass is 10.1. The first-order valence-corrected chi connectivity index (χ1v) is 4.33. The van der Waals surface area contributed by atoms with Crippen molar-refractivity contribution >= 4 is 23.2 Å². The first kappa shape index (κ1) is 10.7. The van der Waals surface area contributed by atoms with Crippen molar-refractivity contribution in [1.82, 2.24) is 0 Å². The molecule has 0 radical (unpaired) electrons. The molecule has 0 bridgehead atoms. The van der Waals surface area contributed by atoms with Crippen molar-refractivity contribution in [2.75, 3.05) is 6.61 Å². The Hall–Kier alpha value is -0.350. The van der Waals surface area contributed by atoms with Gasteiger partial charge < -0.3 is 10.8 Å². The number of nitrogens with two attached hydrogens (primary N) is 1. The minimum absolute atomic E-state index is 0.0525. The standard InChI is InChI=1S/C8H8Cl2FNO/c9-4-1-2-5(10)8(11)7(4)6(12)3-13/h1-2,6,13H,3,12H2/t6-/m0/s1. The molecule has 0 saturated heterocycles. The second kappa shape index (κ2) is 4.24. The van der Waals surface area contributed by atoms with Gasteiger partial charge in [-0.15, -0.1) is 0 Å². The highest BCUT2D eigenvalue weighted by Gasteiger charge is 2.16. The summed E-state index contributed by atoms with van der Waals surface area (Å²) in [6, 6.07) is 1.94. The molecule has 0 aliphatic heterocycles. The van der Waals surface area contributed by atoms with Gasteiger partial charge >= 0.3 is 0 Å². The average Bonchev–Trinajstić information content (AvgIpc) is 2.12. The summed E-state index contributed by atoms with van der Waals surface area (Å²) in [6.45, 7) is -0.378. The lowest BCUT2D eigenvalue weighted by Crippen LogP contribution is -2.16. The number of aliphatic hydroxyl groups is 1. The molecule has 0 saturated carbocycles. The smallest absolute Gasteiger partial charge is 0.148 e. The van der Waals surface area contributed by atoms with Gasteiger partial charge in [-0.3, -0.25) is 0 Å². The van der Waals surface area contributed by atoms with Crippen molar-refractivity contribution in [3.63, 3.8) is 0 Å². The molecule has 13 heavy (non-hydrogen) atoms. The monoisotopic (exact) mass is 223 g/mol. The molecular weight excluding hydrogens is 216 g/mol. The van der Waals surface area contributed by atoms with Crippen molar-refractivity contribution in [2.24, 2.45) is 5.73 Å². The average molecular weight is 224 g/mol. The molecule has 1 rings (SSSR count). The maximum absolute atomic E-state index is 13.3. The van der Waals surface area contributed by atoms with Crippen LogP contribution in [0.5, 0.6) is 0 Å². The van der Waals surface area contributed by atoms with Gasteiger partial charge in [0, 0.05) is 10.6 Å². The van der Waals surface area contributed by atoms with E-state index >= 15 is 0 Å². The van der Waals surface area contributed by atoms with Crippen LogP contribution in [0.15, 0.2) is 12.1 Å². The van der Waals surface area contributed by atoms with Gasteiger partial charge in [-0.25, -0.2) is 4.39 Å². The van der Waals surface area contributed by atoms with Gasteiger partial charge in [-0.05, 0) is 12.1 Å². The third-order valence-corrected chi connectivity index (χ3v) is 2.27. The van der Waals surface area contributed by atoms with Crippen molar-refractivity contribution in [3.05, 3.63) is 33.6 Å². The lowest BCUT2D eigenvalue weighted by molar-refractivity contribution is 0.265. The van der Waals surface area contributed by atoms with Crippen LogP contribution in [0, 0.1) is 5.82 Å². The van der Waals surface area contributed by atoms with E-state index in [1.807, 2.05) is 0 Å². The zero-order chi connectivity index (χ0) is 10.0. The van der Waals surface area contributed by atoms with Gasteiger partial charge in [-0.2, -0.15) is 0 Å². The molecule has 0 unspecified atom stereocenters. The zero-order valence-electron chi connectivity index (χ0n) is 6.60. The molecule has 1 aromatic rings. The highest BCUT2D eigenvalue weighted by molar-refractivity contribution is 6.33. The predicted molar refractivity (Wildman–Crippen MR) is 50.4 cm³/mol. The third-order valence-electron chi connectivity index (χ3n) is 1.65. The molecule has 0 fully saturated rings. The van der Waals surface area contributed by atoms with Crippen LogP contribution in [0.25, 0.3) is 0 Å². The molecule has 2 nitrogen and oxygen atoms in total. The third kappa shape index (κ3) is 2.11. The molecule has 0 aromatic heterocycles. The lowest BCUT2D eigenvalue weighted by Gasteiger charge is -2.12. The predicted octanol–water partition coefficient (Wildman–Crippen LogP) is 2.12. The van der Waals surface area contributed by atoms with Crippen molar-refractivity contribution < 1.29 is 9.50 Å². The Morgan fingerprint density at radius 1 is 1.38 bits per heavy atom. The summed E-state index contributed by atoms with van der Waals surface area (Å²) in [5, 5.41) is 8.85. The molecular formula is C8H8Cl2FNO. The molecule has 1 aromatic carbocycles. The summed E-state index contributed by atoms with van der Waals surface area (Å²) in [7, 11) is 0. The van der Waals surface area contributed by atoms with Gasteiger partial charge in [0.15, 0.2) is 0 Å². The van der Waals surface area contributed by atoms with Gasteiger partial charge in [0.25, 0.3) is 0 Å². The van der Waals surface area contributed by atoms with Gasteiger partial charge in [0.05, 0.1) is 17.7 Å². The van der Waals surface area contributed by atoms with Crippen molar-refractivity contribution in [3.8, 4) is 0 Å². The molecule has 0 aliphatic rings. The summed E-state index contributed by atoms with van der Waals surface area (Å²) in [6.07, 6.45) is 0. The van der Waals surface area contributed by atoms with Crippen LogP contribution in [-0.2, 0) is 0 Å². The van der Waals surface area contributed by atoms with Crippen LogP contribution >= 0.6 is 23.2 Å². The van der Waals surface area contributed by atoms with E-state index < -0.39 is 11.9 Å². The van der Waals surface area contributed by atoms with E-state index in [0.29, 0.717) is 0 Å². The van der Waals surface area contributed by atoms with Crippen LogP contribution in [0.4, 0.5) is 4.39 Å². The summed E-state index contributed by atoms with van der Waals surface area (Å²) >= 11 is 11.2. The van der Waals surface area contributed by atoms with Crippen LogP contribution in [0.3, 0.4) is 0 Å². The Bertz CT molecular complexity index is 319. The maximum atomic E-state index is 13.3. The fraction of sp³-hybridized carbons (Fsp3) is 0.250. The Morgan fingerprint density at radius 2 is 1.92 bits per heavy atom. The van der Waals surface area contributed by atoms with Gasteiger partial charge in [-0.1, -0.05) is 23.2 Å². The second-order valence-corrected chi connectivity index (χ2v) is 3.36. The number of rotatable bonds is 2. The Morgan fingerprint density at radius 3 is 2.46 bits per heavy atom. The van der Waals surface area contributed by atoms with Crippen LogP contribution in [0.1, 0.15) is 11.6 Å². The molecule has 0 amide bonds. The number of aliphatic hydroxyl groups excluding tert-OH is 1.